The van der Waals surface area contributed by atoms with Crippen molar-refractivity contribution in [3.63, 3.8) is 0 Å². The van der Waals surface area contributed by atoms with Gasteiger partial charge in [0.25, 0.3) is 0 Å². The molecule has 0 saturated carbocycles. The average Bonchev–Trinajstić information content (AvgIpc) is 1.61. The highest BCUT2D eigenvalue weighted by Gasteiger charge is 1.74. The van der Waals surface area contributed by atoms with E-state index in [0.29, 0.717) is 12.8 Å². The van der Waals surface area contributed by atoms with Gasteiger partial charge in [0.2, 0.25) is 0 Å². The van der Waals surface area contributed by atoms with Crippen LogP contribution in [0.5, 0.6) is 0 Å². The molecule has 0 aromatic rings. The van der Waals surface area contributed by atoms with Gasteiger partial charge in [0.1, 0.15) is 0 Å². The summed E-state index contributed by atoms with van der Waals surface area (Å²) in [6, 6.07) is 0. The molecule has 35 valence electrons. The van der Waals surface area contributed by atoms with Gasteiger partial charge in [-0.2, -0.15) is 0 Å². The van der Waals surface area contributed by atoms with Gasteiger partial charge in [-0.15, -0.1) is 0 Å². The number of unbranched alkanes of at least 4 members (excludes halogenated alkanes) is 1. The largest absolute Gasteiger partial charge is 0.251 e. The predicted octanol–water partition coefficient (Wildman–Crippen LogP) is 1.73. The zero-order valence-electron chi connectivity index (χ0n) is 3.65. The van der Waals surface area contributed by atoms with Crippen molar-refractivity contribution in [2.75, 3.05) is 6.67 Å². The molecule has 0 rings (SSSR count). The van der Waals surface area contributed by atoms with Crippen LogP contribution in [0.2, 0.25) is 0 Å². The van der Waals surface area contributed by atoms with Crippen molar-refractivity contribution in [2.45, 2.75) is 12.8 Å². The van der Waals surface area contributed by atoms with E-state index >= 15 is 0 Å². The lowest BCUT2D eigenvalue weighted by molar-refractivity contribution is 0.475. The summed E-state index contributed by atoms with van der Waals surface area (Å²) in [6.45, 7) is 4.67. The minimum atomic E-state index is -0.256. The van der Waals surface area contributed by atoms with Crippen molar-refractivity contribution in [3.8, 4) is 0 Å². The van der Waals surface area contributed by atoms with Crippen molar-refractivity contribution in [2.24, 2.45) is 0 Å². The molecule has 0 N–H and O–H groups in total. The summed E-state index contributed by atoms with van der Waals surface area (Å²) in [6.07, 6.45) is 2.73. The normalized spacial score (nSPS) is 8.17. The molecular weight excluding hydrogens is 79.1 g/mol. The van der Waals surface area contributed by atoms with Crippen LogP contribution < -0.4 is 0 Å². The first kappa shape index (κ1) is 5.67. The average molecular weight is 87.1 g/mol. The van der Waals surface area contributed by atoms with E-state index < -0.39 is 0 Å². The maximum absolute atomic E-state index is 11.1. The highest BCUT2D eigenvalue weighted by molar-refractivity contribution is 4.60. The van der Waals surface area contributed by atoms with E-state index in [9.17, 15) is 4.39 Å². The second-order valence-corrected chi connectivity index (χ2v) is 1.07. The highest BCUT2D eigenvalue weighted by atomic mass is 19.1. The maximum Gasteiger partial charge on any atom is 0.0897 e. The molecular formula is C5H8F. The van der Waals surface area contributed by atoms with Crippen LogP contribution in [-0.4, -0.2) is 6.67 Å². The number of alkyl halides is 1. The fourth-order valence-corrected chi connectivity index (χ4v) is 0.195. The van der Waals surface area contributed by atoms with Crippen molar-refractivity contribution in [1.29, 1.82) is 0 Å². The fourth-order valence-electron chi connectivity index (χ4n) is 0.195. The van der Waals surface area contributed by atoms with Crippen LogP contribution in [0.3, 0.4) is 0 Å². The van der Waals surface area contributed by atoms with Crippen LogP contribution >= 0.6 is 0 Å². The van der Waals surface area contributed by atoms with Gasteiger partial charge in [0.15, 0.2) is 0 Å². The van der Waals surface area contributed by atoms with Crippen molar-refractivity contribution in [1.82, 2.24) is 0 Å². The van der Waals surface area contributed by atoms with E-state index in [1.54, 1.807) is 0 Å². The molecule has 0 bridgehead atoms. The molecule has 0 aliphatic carbocycles. The van der Waals surface area contributed by atoms with Gasteiger partial charge in [0, 0.05) is 0 Å². The van der Waals surface area contributed by atoms with E-state index in [1.807, 2.05) is 0 Å². The van der Waals surface area contributed by atoms with Gasteiger partial charge < -0.3 is 0 Å². The van der Waals surface area contributed by atoms with Gasteiger partial charge in [0.05, 0.1) is 6.67 Å². The Morgan fingerprint density at radius 1 is 1.67 bits per heavy atom. The Kier molecular flexibility index (Phi) is 4.41. The number of hydrogen-bond donors (Lipinski definition) is 0. The van der Waals surface area contributed by atoms with E-state index in [4.69, 9.17) is 6.58 Å². The molecule has 1 heteroatoms. The molecule has 0 aliphatic heterocycles. The van der Waals surface area contributed by atoms with Gasteiger partial charge in [-0.25, -0.2) is 0 Å². The molecule has 0 fully saturated rings. The Bertz CT molecular complexity index is 32.9. The number of allylic oxidation sites excluding steroid dienone is 1. The van der Waals surface area contributed by atoms with Crippen LogP contribution in [-0.2, 0) is 0 Å². The molecule has 0 amide bonds. The Hall–Kier alpha value is -0.330. The lowest BCUT2D eigenvalue weighted by atomic mass is 10.3. The summed E-state index contributed by atoms with van der Waals surface area (Å²) in [5.74, 6) is 0. The maximum atomic E-state index is 11.1. The van der Waals surface area contributed by atoms with Crippen molar-refractivity contribution >= 4 is 0 Å². The minimum Gasteiger partial charge on any atom is -0.251 e. The Labute approximate surface area is 37.7 Å². The highest BCUT2D eigenvalue weighted by Crippen LogP contribution is 1.86. The molecule has 1 radical (unpaired) electrons. The first-order valence-corrected chi connectivity index (χ1v) is 2.01. The standard InChI is InChI=1S/C5H8F/c1-2-3-4-5-6/h1-2H,3-5H2. The predicted molar refractivity (Wildman–Crippen MR) is 24.1 cm³/mol. The Morgan fingerprint density at radius 3 is 2.50 bits per heavy atom. The summed E-state index contributed by atoms with van der Waals surface area (Å²) in [5, 5.41) is 0. The van der Waals surface area contributed by atoms with Crippen LogP contribution in [0.15, 0.2) is 6.08 Å². The smallest absolute Gasteiger partial charge is 0.0897 e. The van der Waals surface area contributed by atoms with Crippen molar-refractivity contribution in [3.05, 3.63) is 12.7 Å². The first-order valence-electron chi connectivity index (χ1n) is 2.01. The van der Waals surface area contributed by atoms with Crippen LogP contribution in [0, 0.1) is 6.58 Å². The minimum absolute atomic E-state index is 0.256. The fraction of sp³-hybridized carbons (Fsp3) is 0.600. The van der Waals surface area contributed by atoms with Crippen LogP contribution in [0.25, 0.3) is 0 Å². The second-order valence-electron chi connectivity index (χ2n) is 1.07. The SMILES string of the molecule is [CH]=CCCCF. The van der Waals surface area contributed by atoms with E-state index in [0.717, 1.165) is 0 Å². The number of halogens is 1. The van der Waals surface area contributed by atoms with E-state index in [2.05, 4.69) is 0 Å². The molecule has 0 spiro atoms. The van der Waals surface area contributed by atoms with E-state index in [-0.39, 0.29) is 6.67 Å². The molecule has 0 aliphatic rings. The van der Waals surface area contributed by atoms with Gasteiger partial charge in [-0.05, 0) is 12.8 Å². The molecule has 0 nitrogen and oxygen atoms in total. The molecule has 6 heavy (non-hydrogen) atoms. The lowest BCUT2D eigenvalue weighted by Crippen LogP contribution is -1.69. The number of hydrogen-bond acceptors (Lipinski definition) is 0. The van der Waals surface area contributed by atoms with Crippen LogP contribution in [0.1, 0.15) is 12.8 Å². The summed E-state index contributed by atoms with van der Waals surface area (Å²) < 4.78 is 11.1. The molecule has 0 aromatic carbocycles. The van der Waals surface area contributed by atoms with E-state index in [1.165, 1.54) is 6.08 Å². The Balaban J connectivity index is 2.49. The zero-order valence-corrected chi connectivity index (χ0v) is 3.65. The third-order valence-electron chi connectivity index (χ3n) is 0.504. The topological polar surface area (TPSA) is 0 Å². The zero-order chi connectivity index (χ0) is 4.83. The number of rotatable bonds is 3. The third-order valence-corrected chi connectivity index (χ3v) is 0.504. The molecule has 0 atom stereocenters. The molecule has 0 aromatic heterocycles. The summed E-state index contributed by atoms with van der Waals surface area (Å²) in [7, 11) is 0. The summed E-state index contributed by atoms with van der Waals surface area (Å²) in [4.78, 5) is 0. The summed E-state index contributed by atoms with van der Waals surface area (Å²) >= 11 is 0. The molecule has 0 unspecified atom stereocenters. The summed E-state index contributed by atoms with van der Waals surface area (Å²) in [5.41, 5.74) is 0. The quantitative estimate of drug-likeness (QED) is 0.460. The lowest BCUT2D eigenvalue weighted by Gasteiger charge is -1.79. The third kappa shape index (κ3) is 3.67. The first-order chi connectivity index (χ1) is 2.91. The van der Waals surface area contributed by atoms with Gasteiger partial charge in [-0.3, -0.25) is 4.39 Å². The van der Waals surface area contributed by atoms with Gasteiger partial charge in [-0.1, -0.05) is 12.7 Å². The van der Waals surface area contributed by atoms with Crippen molar-refractivity contribution < 1.29 is 4.39 Å². The monoisotopic (exact) mass is 87.1 g/mol. The molecule has 0 heterocycles. The van der Waals surface area contributed by atoms with Crippen LogP contribution in [0.4, 0.5) is 4.39 Å². The second kappa shape index (κ2) is 4.67. The Morgan fingerprint density at radius 2 is 2.33 bits per heavy atom. The van der Waals surface area contributed by atoms with Gasteiger partial charge >= 0.3 is 0 Å². The molecule has 0 saturated heterocycles.